The van der Waals surface area contributed by atoms with Gasteiger partial charge in [-0.25, -0.2) is 12.8 Å². The Balaban J connectivity index is 2.27. The van der Waals surface area contributed by atoms with Gasteiger partial charge in [-0.2, -0.15) is 39.9 Å². The highest BCUT2D eigenvalue weighted by molar-refractivity contribution is 9.10. The van der Waals surface area contributed by atoms with Crippen LogP contribution in [-0.4, -0.2) is 30.8 Å². The fourth-order valence-corrected chi connectivity index (χ4v) is 4.97. The van der Waals surface area contributed by atoms with Crippen LogP contribution >= 0.6 is 27.5 Å². The topological polar surface area (TPSA) is 90.2 Å². The number of aromatic nitrogens is 1. The molecule has 1 atom stereocenters. The molecule has 0 bridgehead atoms. The number of carbonyl (C=O) groups is 1. The van der Waals surface area contributed by atoms with E-state index in [1.54, 1.807) is 5.32 Å². The first kappa shape index (κ1) is 29.8. The van der Waals surface area contributed by atoms with Crippen molar-refractivity contribution in [3.63, 3.8) is 0 Å². The van der Waals surface area contributed by atoms with Crippen LogP contribution in [0.1, 0.15) is 15.9 Å². The quantitative estimate of drug-likeness (QED) is 0.149. The molecule has 0 aliphatic carbocycles. The third-order valence-electron chi connectivity index (χ3n) is 5.09. The van der Waals surface area contributed by atoms with Gasteiger partial charge in [0.25, 0.3) is 15.7 Å². The number of alkyl halides is 10. The average Bonchev–Trinajstić information content (AvgIpc) is 2.77. The zero-order valence-electron chi connectivity index (χ0n) is 17.8. The summed E-state index contributed by atoms with van der Waals surface area (Å²) < 4.78 is 147. The summed E-state index contributed by atoms with van der Waals surface area (Å²) >= 11 is 6.84. The van der Waals surface area contributed by atoms with Crippen LogP contribution in [0.25, 0.3) is 10.9 Å². The minimum Gasteiger partial charge on any atom is -0.618 e. The molecule has 0 spiro atoms. The second kappa shape index (κ2) is 9.44. The molecule has 206 valence electrons. The van der Waals surface area contributed by atoms with Gasteiger partial charge < -0.3 is 10.5 Å². The first-order valence-corrected chi connectivity index (χ1v) is 12.2. The summed E-state index contributed by atoms with van der Waals surface area (Å²) in [5, 5.41) is 12.4. The lowest BCUT2D eigenvalue weighted by molar-refractivity contribution is -0.577. The van der Waals surface area contributed by atoms with E-state index in [1.807, 2.05) is 0 Å². The summed E-state index contributed by atoms with van der Waals surface area (Å²) in [4.78, 5) is 4.96. The van der Waals surface area contributed by atoms with Gasteiger partial charge in [-0.1, -0.05) is 11.6 Å². The Morgan fingerprint density at radius 2 is 1.58 bits per heavy atom. The molecule has 2 aromatic carbocycles. The molecule has 3 aromatic rings. The van der Waals surface area contributed by atoms with Crippen LogP contribution < -0.4 is 10.0 Å². The molecule has 1 heterocycles. The van der Waals surface area contributed by atoms with Crippen LogP contribution in [-0.2, 0) is 15.5 Å². The van der Waals surface area contributed by atoms with E-state index in [1.165, 1.54) is 34.1 Å². The van der Waals surface area contributed by atoms with Gasteiger partial charge in [0.05, 0.1) is 10.7 Å². The summed E-state index contributed by atoms with van der Waals surface area (Å²) in [5.41, 5.74) is -16.4. The minimum atomic E-state index is -6.72. The number of hydrogen-bond acceptors (Lipinski definition) is 4. The van der Waals surface area contributed by atoms with Crippen molar-refractivity contribution in [2.75, 3.05) is 5.32 Å². The van der Waals surface area contributed by atoms with Crippen LogP contribution in [0.5, 0.6) is 0 Å². The second-order valence-electron chi connectivity index (χ2n) is 7.50. The van der Waals surface area contributed by atoms with Gasteiger partial charge in [0.1, 0.15) is 4.90 Å². The lowest BCUT2D eigenvalue weighted by Gasteiger charge is -2.32. The summed E-state index contributed by atoms with van der Waals surface area (Å²) in [7, 11) is -6.72. The number of rotatable bonds is 5. The number of pyridine rings is 1. The van der Waals surface area contributed by atoms with E-state index in [0.29, 0.717) is 10.1 Å². The van der Waals surface area contributed by atoms with E-state index in [2.05, 4.69) is 0 Å². The summed E-state index contributed by atoms with van der Waals surface area (Å²) in [5.74, 6) is -1.41. The fraction of sp³-hybridized carbons (Fsp3) is 0.200. The normalized spacial score (nSPS) is 14.8. The molecule has 1 amide bonds. The van der Waals surface area contributed by atoms with Crippen molar-refractivity contribution in [1.82, 2.24) is 0 Å². The lowest BCUT2D eigenvalue weighted by atomic mass is 9.95. The molecule has 38 heavy (non-hydrogen) atoms. The number of nitrogens with zero attached hydrogens (tertiary/aromatic N) is 1. The highest BCUT2D eigenvalue weighted by atomic mass is 79.9. The number of carbonyl (C=O) groups excluding carboxylic acids is 1. The van der Waals surface area contributed by atoms with Crippen LogP contribution in [0.2, 0.25) is 5.02 Å². The number of sulfone groups is 1. The highest BCUT2D eigenvalue weighted by Crippen LogP contribution is 2.56. The Morgan fingerprint density at radius 1 is 0.974 bits per heavy atom. The maximum Gasteiger partial charge on any atom is 0.501 e. The Kier molecular flexibility index (Phi) is 7.40. The smallest absolute Gasteiger partial charge is 0.501 e. The van der Waals surface area contributed by atoms with Gasteiger partial charge in [-0.3, -0.25) is 4.79 Å². The van der Waals surface area contributed by atoms with Gasteiger partial charge in [0.2, 0.25) is 5.52 Å². The number of fused-ring (bicyclic) bond motifs is 1. The molecule has 6 nitrogen and oxygen atoms in total. The van der Waals surface area contributed by atoms with Gasteiger partial charge in [-0.05, 0) is 46.3 Å². The predicted octanol–water partition coefficient (Wildman–Crippen LogP) is 6.39. The van der Waals surface area contributed by atoms with Crippen LogP contribution in [0, 0.1) is 5.21 Å². The van der Waals surface area contributed by atoms with Crippen LogP contribution in [0.3, 0.4) is 0 Å². The second-order valence-corrected chi connectivity index (χ2v) is 10.8. The molecule has 1 aromatic heterocycles. The van der Waals surface area contributed by atoms with E-state index < -0.39 is 70.7 Å². The predicted molar refractivity (Wildman–Crippen MR) is 118 cm³/mol. The van der Waals surface area contributed by atoms with E-state index in [0.717, 1.165) is 18.3 Å². The van der Waals surface area contributed by atoms with Crippen molar-refractivity contribution in [3.05, 3.63) is 70.0 Å². The number of halogens is 11. The van der Waals surface area contributed by atoms with Crippen molar-refractivity contribution in [2.45, 2.75) is 27.1 Å². The maximum atomic E-state index is 14.9. The molecule has 0 saturated heterocycles. The van der Waals surface area contributed by atoms with Crippen molar-refractivity contribution in [2.24, 2.45) is 0 Å². The number of benzene rings is 2. The van der Waals surface area contributed by atoms with E-state index in [-0.39, 0.29) is 11.6 Å². The molecular formula is C20H9BrClF9N2O4S. The Morgan fingerprint density at radius 3 is 2.11 bits per heavy atom. The summed E-state index contributed by atoms with van der Waals surface area (Å²) in [6, 6.07) is 5.18. The fourth-order valence-electron chi connectivity index (χ4n) is 3.23. The molecule has 0 aliphatic heterocycles. The Bertz CT molecular complexity index is 1530. The monoisotopic (exact) mass is 658 g/mol. The van der Waals surface area contributed by atoms with E-state index in [9.17, 15) is 57.9 Å². The van der Waals surface area contributed by atoms with E-state index in [4.69, 9.17) is 11.6 Å². The molecule has 0 radical (unpaired) electrons. The van der Waals surface area contributed by atoms with Gasteiger partial charge in [0.15, 0.2) is 6.20 Å². The van der Waals surface area contributed by atoms with Crippen molar-refractivity contribution >= 4 is 59.9 Å². The molecule has 0 fully saturated rings. The molecule has 1 N–H and O–H groups in total. The Labute approximate surface area is 219 Å². The largest absolute Gasteiger partial charge is 0.618 e. The lowest BCUT2D eigenvalue weighted by Crippen LogP contribution is -2.49. The van der Waals surface area contributed by atoms with Crippen molar-refractivity contribution < 1.29 is 57.5 Å². The molecule has 0 saturated carbocycles. The number of amides is 1. The number of anilines is 1. The van der Waals surface area contributed by atoms with E-state index >= 15 is 0 Å². The molecule has 18 heteroatoms. The molecular weight excluding hydrogens is 651 g/mol. The molecule has 3 rings (SSSR count). The Hall–Kier alpha value is -2.79. The SMILES string of the molecule is O=C(Nc1c(Cl)cc(C(F)(C(F)(F)F)C(F)(F)Br)cc1S(=O)(=O)C(F)(F)F)c1ccc2ccc[n+]([O-])c2c1. The van der Waals surface area contributed by atoms with Gasteiger partial charge >= 0.3 is 22.2 Å². The third-order valence-corrected chi connectivity index (χ3v) is 7.45. The standard InChI is InChI=1S/C20H9BrClF9N2O4S/c21-18(24,25)17(23,19(26,27)28)11-7-12(22)15(14(8-11)38(36,37)20(29,30)31)32-16(34)10-4-3-9-2-1-5-33(35)13(9)6-10/h1-8H,(H,32,34). The third kappa shape index (κ3) is 4.98. The summed E-state index contributed by atoms with van der Waals surface area (Å²) in [6.45, 7) is 0. The van der Waals surface area contributed by atoms with Crippen molar-refractivity contribution in [1.29, 1.82) is 0 Å². The minimum absolute atomic E-state index is 0.114. The molecule has 1 unspecified atom stereocenters. The van der Waals surface area contributed by atoms with Gasteiger partial charge in [-0.15, -0.1) is 0 Å². The summed E-state index contributed by atoms with van der Waals surface area (Å²) in [6.07, 6.45) is -5.46. The first-order valence-electron chi connectivity index (χ1n) is 9.54. The average molecular weight is 660 g/mol. The van der Waals surface area contributed by atoms with Crippen LogP contribution in [0.4, 0.5) is 45.2 Å². The number of nitrogens with one attached hydrogen (secondary N) is 1. The zero-order valence-corrected chi connectivity index (χ0v) is 20.9. The van der Waals surface area contributed by atoms with Gasteiger partial charge in [0, 0.05) is 28.6 Å². The molecule has 0 aliphatic rings. The van der Waals surface area contributed by atoms with Crippen molar-refractivity contribution in [3.8, 4) is 0 Å². The zero-order chi connectivity index (χ0) is 29.1. The van der Waals surface area contributed by atoms with Crippen LogP contribution in [0.15, 0.2) is 53.6 Å². The maximum absolute atomic E-state index is 14.9. The number of hydrogen-bond donors (Lipinski definition) is 1. The highest BCUT2D eigenvalue weighted by Gasteiger charge is 2.71. The first-order chi connectivity index (χ1) is 17.1.